The van der Waals surface area contributed by atoms with Gasteiger partial charge in [-0.2, -0.15) is 13.2 Å². The summed E-state index contributed by atoms with van der Waals surface area (Å²) in [6.45, 7) is -0.398. The fourth-order valence-electron chi connectivity index (χ4n) is 2.46. The van der Waals surface area contributed by atoms with Gasteiger partial charge in [0.15, 0.2) is 0 Å². The average Bonchev–Trinajstić information content (AvgIpc) is 2.63. The zero-order valence-electron chi connectivity index (χ0n) is 14.2. The van der Waals surface area contributed by atoms with Crippen molar-refractivity contribution in [2.45, 2.75) is 12.7 Å². The maximum absolute atomic E-state index is 13.8. The van der Waals surface area contributed by atoms with E-state index in [2.05, 4.69) is 10.3 Å². The Hall–Kier alpha value is -3.49. The molecule has 0 aliphatic rings. The van der Waals surface area contributed by atoms with E-state index in [0.717, 1.165) is 41.2 Å². The number of anilines is 1. The van der Waals surface area contributed by atoms with Gasteiger partial charge in [-0.1, -0.05) is 12.1 Å². The summed E-state index contributed by atoms with van der Waals surface area (Å²) in [7, 11) is 0. The number of alkyl halides is 3. The summed E-state index contributed by atoms with van der Waals surface area (Å²) in [5, 5.41) is 2.40. The highest BCUT2D eigenvalue weighted by atomic mass is 19.4. The summed E-state index contributed by atoms with van der Waals surface area (Å²) in [6, 6.07) is 10.8. The summed E-state index contributed by atoms with van der Waals surface area (Å²) in [5.41, 5.74) is -0.976. The van der Waals surface area contributed by atoms with Crippen LogP contribution in [0.2, 0.25) is 0 Å². The molecule has 2 aromatic carbocycles. The summed E-state index contributed by atoms with van der Waals surface area (Å²) in [5.74, 6) is -1.16. The molecule has 0 saturated carbocycles. The van der Waals surface area contributed by atoms with Crippen molar-refractivity contribution in [3.8, 4) is 11.3 Å². The van der Waals surface area contributed by atoms with Gasteiger partial charge in [-0.05, 0) is 36.4 Å². The fourth-order valence-corrected chi connectivity index (χ4v) is 2.46. The van der Waals surface area contributed by atoms with E-state index in [0.29, 0.717) is 0 Å². The van der Waals surface area contributed by atoms with Gasteiger partial charge in [0.2, 0.25) is 5.91 Å². The van der Waals surface area contributed by atoms with Gasteiger partial charge in [0.25, 0.3) is 5.56 Å². The van der Waals surface area contributed by atoms with Crippen LogP contribution in [0.25, 0.3) is 11.3 Å². The Morgan fingerprint density at radius 1 is 1.07 bits per heavy atom. The van der Waals surface area contributed by atoms with E-state index < -0.39 is 35.6 Å². The summed E-state index contributed by atoms with van der Waals surface area (Å²) in [6.07, 6.45) is -3.36. The zero-order valence-corrected chi connectivity index (χ0v) is 14.2. The third-order valence-corrected chi connectivity index (χ3v) is 3.84. The summed E-state index contributed by atoms with van der Waals surface area (Å²) >= 11 is 0. The second-order valence-electron chi connectivity index (χ2n) is 5.84. The molecule has 28 heavy (non-hydrogen) atoms. The van der Waals surface area contributed by atoms with Crippen molar-refractivity contribution in [2.75, 3.05) is 5.32 Å². The molecule has 0 aliphatic carbocycles. The number of carbonyl (C=O) groups excluding carboxylic acids is 1. The molecular formula is C19H13F4N3O2. The van der Waals surface area contributed by atoms with Gasteiger partial charge < -0.3 is 5.32 Å². The Labute approximate surface area is 156 Å². The number of rotatable bonds is 4. The number of nitrogens with zero attached hydrogens (tertiary/aromatic N) is 2. The maximum Gasteiger partial charge on any atom is 0.416 e. The lowest BCUT2D eigenvalue weighted by atomic mass is 10.1. The number of hydrogen-bond acceptors (Lipinski definition) is 3. The van der Waals surface area contributed by atoms with Gasteiger partial charge in [0.05, 0.1) is 17.6 Å². The summed E-state index contributed by atoms with van der Waals surface area (Å²) in [4.78, 5) is 28.2. The molecule has 3 rings (SSSR count). The number of amides is 1. The Bertz CT molecular complexity index is 1060. The van der Waals surface area contributed by atoms with E-state index >= 15 is 0 Å². The van der Waals surface area contributed by atoms with Crippen LogP contribution in [0.5, 0.6) is 0 Å². The standard InChI is InChI=1S/C19H13F4N3O2/c20-15-4-2-1-3-14(15)16-9-18(28)26(11-24-16)10-17(27)25-13-7-5-12(6-8-13)19(21,22)23/h1-9,11H,10H2,(H,25,27). The Balaban J connectivity index is 1.71. The minimum atomic E-state index is -4.47. The highest BCUT2D eigenvalue weighted by Crippen LogP contribution is 2.29. The van der Waals surface area contributed by atoms with Crippen LogP contribution in [0, 0.1) is 5.82 Å². The van der Waals surface area contributed by atoms with Gasteiger partial charge >= 0.3 is 6.18 Å². The monoisotopic (exact) mass is 391 g/mol. The molecule has 0 aliphatic heterocycles. The van der Waals surface area contributed by atoms with Gasteiger partial charge in [-0.3, -0.25) is 14.2 Å². The van der Waals surface area contributed by atoms with E-state index in [1.54, 1.807) is 6.07 Å². The van der Waals surface area contributed by atoms with Crippen molar-refractivity contribution >= 4 is 11.6 Å². The van der Waals surface area contributed by atoms with E-state index in [1.165, 1.54) is 18.2 Å². The predicted octanol–water partition coefficient (Wildman–Crippen LogP) is 3.71. The molecule has 0 atom stereocenters. The van der Waals surface area contributed by atoms with E-state index in [4.69, 9.17) is 0 Å². The lowest BCUT2D eigenvalue weighted by molar-refractivity contribution is -0.137. The lowest BCUT2D eigenvalue weighted by Crippen LogP contribution is -2.27. The van der Waals surface area contributed by atoms with E-state index in [1.807, 2.05) is 0 Å². The Morgan fingerprint density at radius 3 is 2.36 bits per heavy atom. The molecule has 0 unspecified atom stereocenters. The van der Waals surface area contributed by atoms with Gasteiger partial charge in [0.1, 0.15) is 12.4 Å². The van der Waals surface area contributed by atoms with Crippen molar-refractivity contribution in [3.63, 3.8) is 0 Å². The van der Waals surface area contributed by atoms with Gasteiger partial charge in [-0.25, -0.2) is 9.37 Å². The van der Waals surface area contributed by atoms with Crippen LogP contribution in [0.3, 0.4) is 0 Å². The molecule has 0 fully saturated rings. The fraction of sp³-hybridized carbons (Fsp3) is 0.105. The molecule has 5 nitrogen and oxygen atoms in total. The summed E-state index contributed by atoms with van der Waals surface area (Å²) < 4.78 is 52.4. The number of aromatic nitrogens is 2. The van der Waals surface area contributed by atoms with Crippen LogP contribution in [-0.2, 0) is 17.5 Å². The number of nitrogens with one attached hydrogen (secondary N) is 1. The highest BCUT2D eigenvalue weighted by Gasteiger charge is 2.29. The van der Waals surface area contributed by atoms with Crippen LogP contribution in [0.1, 0.15) is 5.56 Å². The molecule has 1 heterocycles. The van der Waals surface area contributed by atoms with Crippen molar-refractivity contribution in [2.24, 2.45) is 0 Å². The molecular weight excluding hydrogens is 378 g/mol. The second-order valence-corrected chi connectivity index (χ2v) is 5.84. The largest absolute Gasteiger partial charge is 0.416 e. The van der Waals surface area contributed by atoms with Crippen LogP contribution in [-0.4, -0.2) is 15.5 Å². The minimum Gasteiger partial charge on any atom is -0.325 e. The minimum absolute atomic E-state index is 0.127. The molecule has 1 amide bonds. The van der Waals surface area contributed by atoms with Crippen LogP contribution >= 0.6 is 0 Å². The first-order valence-electron chi connectivity index (χ1n) is 8.02. The first-order valence-corrected chi connectivity index (χ1v) is 8.02. The predicted molar refractivity (Wildman–Crippen MR) is 94.0 cm³/mol. The normalized spacial score (nSPS) is 11.3. The third-order valence-electron chi connectivity index (χ3n) is 3.84. The lowest BCUT2D eigenvalue weighted by Gasteiger charge is -2.10. The number of hydrogen-bond donors (Lipinski definition) is 1. The van der Waals surface area contributed by atoms with Crippen molar-refractivity contribution in [1.82, 2.24) is 9.55 Å². The van der Waals surface area contributed by atoms with Crippen molar-refractivity contribution < 1.29 is 22.4 Å². The smallest absolute Gasteiger partial charge is 0.325 e. The number of halogens is 4. The number of carbonyl (C=O) groups is 1. The van der Waals surface area contributed by atoms with Crippen LogP contribution in [0.4, 0.5) is 23.2 Å². The van der Waals surface area contributed by atoms with E-state index in [9.17, 15) is 27.2 Å². The second kappa shape index (κ2) is 7.63. The quantitative estimate of drug-likeness (QED) is 0.690. The van der Waals surface area contributed by atoms with E-state index in [-0.39, 0.29) is 16.9 Å². The molecule has 1 aromatic heterocycles. The SMILES string of the molecule is O=C(Cn1cnc(-c2ccccc2F)cc1=O)Nc1ccc(C(F)(F)F)cc1. The number of benzene rings is 2. The molecule has 0 bridgehead atoms. The first kappa shape index (κ1) is 19.3. The molecule has 144 valence electrons. The van der Waals surface area contributed by atoms with Crippen molar-refractivity contribution in [1.29, 1.82) is 0 Å². The Morgan fingerprint density at radius 2 is 1.75 bits per heavy atom. The zero-order chi connectivity index (χ0) is 20.3. The molecule has 0 spiro atoms. The molecule has 0 saturated heterocycles. The maximum atomic E-state index is 13.8. The van der Waals surface area contributed by atoms with Crippen molar-refractivity contribution in [3.05, 3.63) is 82.7 Å². The third kappa shape index (κ3) is 4.43. The highest BCUT2D eigenvalue weighted by molar-refractivity contribution is 5.90. The molecule has 3 aromatic rings. The van der Waals surface area contributed by atoms with Gasteiger partial charge in [0, 0.05) is 17.3 Å². The molecule has 0 radical (unpaired) electrons. The van der Waals surface area contributed by atoms with Gasteiger partial charge in [-0.15, -0.1) is 0 Å². The van der Waals surface area contributed by atoms with Crippen LogP contribution in [0.15, 0.2) is 65.7 Å². The Kier molecular flexibility index (Phi) is 5.25. The molecule has 9 heteroatoms. The topological polar surface area (TPSA) is 64.0 Å². The molecule has 1 N–H and O–H groups in total. The van der Waals surface area contributed by atoms with Crippen LogP contribution < -0.4 is 10.9 Å². The average molecular weight is 391 g/mol. The first-order chi connectivity index (χ1) is 13.2.